The Bertz CT molecular complexity index is 569. The zero-order valence-electron chi connectivity index (χ0n) is 12.4. The number of ether oxygens (including phenoxy) is 1. The molecule has 0 unspecified atom stereocenters. The summed E-state index contributed by atoms with van der Waals surface area (Å²) in [5, 5.41) is 0. The fourth-order valence-corrected chi connectivity index (χ4v) is 2.58. The van der Waals surface area contributed by atoms with Crippen molar-refractivity contribution in [3.8, 4) is 0 Å². The van der Waals surface area contributed by atoms with Crippen molar-refractivity contribution in [3.63, 3.8) is 0 Å². The van der Waals surface area contributed by atoms with E-state index in [9.17, 15) is 9.59 Å². The molecule has 1 aromatic carbocycles. The lowest BCUT2D eigenvalue weighted by atomic mass is 9.72. The van der Waals surface area contributed by atoms with E-state index in [4.69, 9.17) is 4.74 Å². The highest BCUT2D eigenvalue weighted by molar-refractivity contribution is 6.15. The molecule has 0 fully saturated rings. The van der Waals surface area contributed by atoms with Gasteiger partial charge in [-0.1, -0.05) is 47.6 Å². The number of benzene rings is 1. The molecular weight excluding hydrogens is 240 g/mol. The summed E-state index contributed by atoms with van der Waals surface area (Å²) in [6, 6.07) is 3.65. The van der Waals surface area contributed by atoms with Crippen molar-refractivity contribution in [1.29, 1.82) is 0 Å². The van der Waals surface area contributed by atoms with Crippen LogP contribution in [0.3, 0.4) is 0 Å². The largest absolute Gasteiger partial charge is 0.386 e. The smallest absolute Gasteiger partial charge is 0.347 e. The third kappa shape index (κ3) is 2.18. The van der Waals surface area contributed by atoms with Crippen LogP contribution in [-0.4, -0.2) is 11.9 Å². The molecule has 2 rings (SSSR count). The van der Waals surface area contributed by atoms with Gasteiger partial charge in [0.1, 0.15) is 0 Å². The topological polar surface area (TPSA) is 43.4 Å². The summed E-state index contributed by atoms with van der Waals surface area (Å²) in [5.74, 6) is -1.05. The number of esters is 2. The van der Waals surface area contributed by atoms with Crippen LogP contribution in [0.4, 0.5) is 0 Å². The van der Waals surface area contributed by atoms with Crippen LogP contribution in [0.5, 0.6) is 0 Å². The van der Waals surface area contributed by atoms with Gasteiger partial charge in [0.2, 0.25) is 0 Å². The lowest BCUT2D eigenvalue weighted by Gasteiger charge is -2.31. The summed E-state index contributed by atoms with van der Waals surface area (Å²) < 4.78 is 4.76. The maximum atomic E-state index is 12.0. The highest BCUT2D eigenvalue weighted by Crippen LogP contribution is 2.39. The van der Waals surface area contributed by atoms with Gasteiger partial charge in [-0.05, 0) is 28.0 Å². The third-order valence-electron chi connectivity index (χ3n) is 3.37. The highest BCUT2D eigenvalue weighted by atomic mass is 16.6. The molecule has 0 atom stereocenters. The first-order chi connectivity index (χ1) is 8.53. The average molecular weight is 260 g/mol. The Labute approximate surface area is 114 Å². The molecule has 1 aliphatic rings. The fourth-order valence-electron chi connectivity index (χ4n) is 2.58. The molecule has 0 aliphatic carbocycles. The van der Waals surface area contributed by atoms with E-state index >= 15 is 0 Å². The van der Waals surface area contributed by atoms with Gasteiger partial charge in [0.15, 0.2) is 0 Å². The van der Waals surface area contributed by atoms with Crippen LogP contribution in [0.1, 0.15) is 73.4 Å². The van der Waals surface area contributed by atoms with E-state index in [2.05, 4.69) is 20.8 Å². The van der Waals surface area contributed by atoms with E-state index in [-0.39, 0.29) is 10.8 Å². The summed E-state index contributed by atoms with van der Waals surface area (Å²) in [4.78, 5) is 23.7. The number of hydrogen-bond acceptors (Lipinski definition) is 3. The zero-order valence-corrected chi connectivity index (χ0v) is 12.4. The van der Waals surface area contributed by atoms with Gasteiger partial charge in [-0.2, -0.15) is 0 Å². The van der Waals surface area contributed by atoms with Gasteiger partial charge < -0.3 is 4.74 Å². The molecule has 102 valence electrons. The quantitative estimate of drug-likeness (QED) is 0.529. The molecule has 1 heterocycles. The van der Waals surface area contributed by atoms with Gasteiger partial charge in [-0.15, -0.1) is 0 Å². The molecule has 1 aliphatic heterocycles. The molecule has 3 heteroatoms. The normalized spacial score (nSPS) is 15.5. The van der Waals surface area contributed by atoms with Crippen molar-refractivity contribution in [2.75, 3.05) is 0 Å². The number of cyclic esters (lactones) is 2. The van der Waals surface area contributed by atoms with Crippen LogP contribution in [0.15, 0.2) is 12.1 Å². The van der Waals surface area contributed by atoms with Crippen LogP contribution in [0.2, 0.25) is 0 Å². The first-order valence-corrected chi connectivity index (χ1v) is 6.48. The second kappa shape index (κ2) is 3.92. The molecule has 0 spiro atoms. The maximum Gasteiger partial charge on any atom is 0.347 e. The van der Waals surface area contributed by atoms with E-state index in [1.807, 2.05) is 26.8 Å². The molecule has 1 aromatic rings. The lowest BCUT2D eigenvalue weighted by Crippen LogP contribution is -2.25. The standard InChI is InChI=1S/C16H20O3/c1-15(2,3)10-8-7-9-11(12(10)16(4,5)6)14(18)19-13(9)17/h7-8H,1-6H3. The van der Waals surface area contributed by atoms with E-state index < -0.39 is 11.9 Å². The minimum atomic E-state index is -0.536. The van der Waals surface area contributed by atoms with Crippen LogP contribution < -0.4 is 0 Å². The molecule has 0 saturated carbocycles. The minimum Gasteiger partial charge on any atom is -0.386 e. The Balaban J connectivity index is 2.86. The van der Waals surface area contributed by atoms with Gasteiger partial charge in [0.25, 0.3) is 0 Å². The molecule has 0 radical (unpaired) electrons. The van der Waals surface area contributed by atoms with Gasteiger partial charge >= 0.3 is 11.9 Å². The monoisotopic (exact) mass is 260 g/mol. The molecule has 3 nitrogen and oxygen atoms in total. The summed E-state index contributed by atoms with van der Waals surface area (Å²) in [6.07, 6.45) is 0. The fraction of sp³-hybridized carbons (Fsp3) is 0.500. The second-order valence-corrected chi connectivity index (χ2v) is 7.09. The Hall–Kier alpha value is -1.64. The van der Waals surface area contributed by atoms with Crippen molar-refractivity contribution < 1.29 is 14.3 Å². The van der Waals surface area contributed by atoms with Gasteiger partial charge in [-0.3, -0.25) is 0 Å². The summed E-state index contributed by atoms with van der Waals surface area (Å²) in [6.45, 7) is 12.5. The Morgan fingerprint density at radius 3 is 1.89 bits per heavy atom. The van der Waals surface area contributed by atoms with Gasteiger partial charge in [0.05, 0.1) is 11.1 Å². The zero-order chi connectivity index (χ0) is 14.6. The van der Waals surface area contributed by atoms with Crippen molar-refractivity contribution in [3.05, 3.63) is 34.4 Å². The Morgan fingerprint density at radius 1 is 0.842 bits per heavy atom. The van der Waals surface area contributed by atoms with Crippen molar-refractivity contribution in [2.45, 2.75) is 52.4 Å². The molecule has 19 heavy (non-hydrogen) atoms. The SMILES string of the molecule is CC(C)(C)c1ccc2c(c1C(C)(C)C)C(=O)OC2=O. The molecule has 0 bridgehead atoms. The molecule has 0 amide bonds. The van der Waals surface area contributed by atoms with E-state index in [0.717, 1.165) is 11.1 Å². The van der Waals surface area contributed by atoms with E-state index in [1.165, 1.54) is 0 Å². The average Bonchev–Trinajstić information content (AvgIpc) is 2.51. The van der Waals surface area contributed by atoms with Crippen LogP contribution in [-0.2, 0) is 15.6 Å². The van der Waals surface area contributed by atoms with Crippen LogP contribution in [0.25, 0.3) is 0 Å². The molecule has 0 saturated heterocycles. The molecular formula is C16H20O3. The van der Waals surface area contributed by atoms with Crippen molar-refractivity contribution in [2.24, 2.45) is 0 Å². The summed E-state index contributed by atoms with van der Waals surface area (Å²) >= 11 is 0. The number of hydrogen-bond donors (Lipinski definition) is 0. The number of fused-ring (bicyclic) bond motifs is 1. The third-order valence-corrected chi connectivity index (χ3v) is 3.37. The van der Waals surface area contributed by atoms with Crippen molar-refractivity contribution in [1.82, 2.24) is 0 Å². The minimum absolute atomic E-state index is 0.0937. The second-order valence-electron chi connectivity index (χ2n) is 7.09. The van der Waals surface area contributed by atoms with E-state index in [0.29, 0.717) is 11.1 Å². The van der Waals surface area contributed by atoms with E-state index in [1.54, 1.807) is 6.07 Å². The first-order valence-electron chi connectivity index (χ1n) is 6.48. The Morgan fingerprint density at radius 2 is 1.42 bits per heavy atom. The number of carbonyl (C=O) groups is 2. The first kappa shape index (κ1) is 13.8. The van der Waals surface area contributed by atoms with Gasteiger partial charge in [-0.25, -0.2) is 9.59 Å². The van der Waals surface area contributed by atoms with Crippen molar-refractivity contribution >= 4 is 11.9 Å². The Kier molecular flexibility index (Phi) is 2.85. The van der Waals surface area contributed by atoms with Crippen LogP contribution in [0, 0.1) is 0 Å². The predicted molar refractivity (Wildman–Crippen MR) is 73.6 cm³/mol. The van der Waals surface area contributed by atoms with Crippen LogP contribution >= 0.6 is 0 Å². The molecule has 0 aromatic heterocycles. The number of rotatable bonds is 0. The molecule has 0 N–H and O–H groups in total. The predicted octanol–water partition coefficient (Wildman–Crippen LogP) is 3.59. The number of carbonyl (C=O) groups excluding carboxylic acids is 2. The lowest BCUT2D eigenvalue weighted by molar-refractivity contribution is 0.0443. The summed E-state index contributed by atoms with van der Waals surface area (Å²) in [7, 11) is 0. The summed E-state index contributed by atoms with van der Waals surface area (Å²) in [5.41, 5.74) is 2.54. The highest BCUT2D eigenvalue weighted by Gasteiger charge is 2.38. The maximum absolute atomic E-state index is 12.0. The van der Waals surface area contributed by atoms with Gasteiger partial charge in [0, 0.05) is 0 Å².